The fourth-order valence-electron chi connectivity index (χ4n) is 0.286. The fraction of sp³-hybridized carbons (Fsp3) is 0.400. The van der Waals surface area contributed by atoms with E-state index in [0.717, 1.165) is 6.08 Å². The van der Waals surface area contributed by atoms with E-state index >= 15 is 0 Å². The molecule has 0 aliphatic carbocycles. The molecule has 0 aromatic rings. The summed E-state index contributed by atoms with van der Waals surface area (Å²) in [5.74, 6) is -0.375. The number of ketones is 1. The molecule has 0 rings (SSSR count). The minimum atomic E-state index is -0.187. The summed E-state index contributed by atoms with van der Waals surface area (Å²) in [4.78, 5) is 9.98. The predicted molar refractivity (Wildman–Crippen MR) is 24.4 cm³/mol. The number of allylic oxidation sites excluding steroid dienone is 2. The van der Waals surface area contributed by atoms with Gasteiger partial charge in [0.2, 0.25) is 0 Å². The Morgan fingerprint density at radius 2 is 1.88 bits per heavy atom. The molecule has 0 unspecified atom stereocenters. The molecule has 0 radical (unpaired) electrons. The molecule has 0 aliphatic heterocycles. The van der Waals surface area contributed by atoms with Gasteiger partial charge >= 0.3 is 51.4 Å². The van der Waals surface area contributed by atoms with Crippen LogP contribution in [0.4, 0.5) is 0 Å². The Kier molecular flexibility index (Phi) is 8.68. The molecule has 0 N–H and O–H groups in total. The van der Waals surface area contributed by atoms with Crippen molar-refractivity contribution in [2.45, 2.75) is 13.8 Å². The van der Waals surface area contributed by atoms with Crippen molar-refractivity contribution >= 4 is 5.78 Å². The van der Waals surface area contributed by atoms with E-state index in [9.17, 15) is 9.90 Å². The molecule has 0 aromatic carbocycles. The van der Waals surface area contributed by atoms with Gasteiger partial charge in [-0.15, -0.1) is 5.76 Å². The van der Waals surface area contributed by atoms with Crippen LogP contribution in [-0.2, 0) is 4.79 Å². The molecule has 40 valence electrons. The second kappa shape index (κ2) is 5.97. The fourth-order valence-corrected chi connectivity index (χ4v) is 0.286. The van der Waals surface area contributed by atoms with E-state index in [1.54, 1.807) is 0 Å². The van der Waals surface area contributed by atoms with E-state index in [0.29, 0.717) is 0 Å². The maximum Gasteiger partial charge on any atom is 1.00 e. The van der Waals surface area contributed by atoms with Crippen LogP contribution in [0.1, 0.15) is 13.8 Å². The van der Waals surface area contributed by atoms with Crippen molar-refractivity contribution in [3.63, 3.8) is 0 Å². The van der Waals surface area contributed by atoms with Gasteiger partial charge in [0, 0.05) is 0 Å². The first-order chi connectivity index (χ1) is 3.13. The second-order valence-corrected chi connectivity index (χ2v) is 1.37. The molecule has 0 heterocycles. The number of hydrogen-bond donors (Lipinski definition) is 0. The Hall–Kier alpha value is 0.846. The molecule has 0 bridgehead atoms. The first-order valence-corrected chi connectivity index (χ1v) is 1.99. The van der Waals surface area contributed by atoms with Gasteiger partial charge in [-0.3, -0.25) is 4.79 Å². The summed E-state index contributed by atoms with van der Waals surface area (Å²) in [7, 11) is 0. The topological polar surface area (TPSA) is 40.1 Å². The average molecular weight is 138 g/mol. The zero-order chi connectivity index (χ0) is 5.86. The summed E-state index contributed by atoms with van der Waals surface area (Å²) in [6.45, 7) is 2.70. The molecule has 0 saturated carbocycles. The smallest absolute Gasteiger partial charge is 0.876 e. The van der Waals surface area contributed by atoms with Crippen LogP contribution in [0.3, 0.4) is 0 Å². The SMILES string of the molecule is CC(=O)/C=C(\C)[O-].[K+]. The number of hydrogen-bond acceptors (Lipinski definition) is 2. The summed E-state index contributed by atoms with van der Waals surface area (Å²) in [5.41, 5.74) is 0. The normalized spacial score (nSPS) is 10.0. The van der Waals surface area contributed by atoms with Crippen LogP contribution in [0.15, 0.2) is 11.8 Å². The largest absolute Gasteiger partial charge is 1.00 e. The van der Waals surface area contributed by atoms with Crippen molar-refractivity contribution < 1.29 is 61.3 Å². The van der Waals surface area contributed by atoms with Gasteiger partial charge in [-0.25, -0.2) is 0 Å². The Bertz CT molecular complexity index is 103. The summed E-state index contributed by atoms with van der Waals surface area (Å²) in [5, 5.41) is 9.98. The zero-order valence-corrected chi connectivity index (χ0v) is 8.52. The quantitative estimate of drug-likeness (QED) is 0.218. The molecule has 0 amide bonds. The Balaban J connectivity index is 0. The van der Waals surface area contributed by atoms with Crippen molar-refractivity contribution in [1.82, 2.24) is 0 Å². The van der Waals surface area contributed by atoms with E-state index in [2.05, 4.69) is 0 Å². The number of carbonyl (C=O) groups excluding carboxylic acids is 1. The summed E-state index contributed by atoms with van der Waals surface area (Å²) < 4.78 is 0. The Labute approximate surface area is 91.4 Å². The third-order valence-corrected chi connectivity index (χ3v) is 0.407. The van der Waals surface area contributed by atoms with Gasteiger partial charge in [0.15, 0.2) is 5.78 Å². The molecule has 0 fully saturated rings. The van der Waals surface area contributed by atoms with E-state index in [4.69, 9.17) is 0 Å². The summed E-state index contributed by atoms with van der Waals surface area (Å²) in [6, 6.07) is 0. The first kappa shape index (κ1) is 11.6. The van der Waals surface area contributed by atoms with Crippen LogP contribution in [0.2, 0.25) is 0 Å². The van der Waals surface area contributed by atoms with E-state index < -0.39 is 0 Å². The minimum Gasteiger partial charge on any atom is -0.876 e. The molecule has 0 atom stereocenters. The van der Waals surface area contributed by atoms with Crippen molar-refractivity contribution in [2.24, 2.45) is 0 Å². The van der Waals surface area contributed by atoms with Gasteiger partial charge in [0.25, 0.3) is 0 Å². The Morgan fingerprint density at radius 3 is 1.88 bits per heavy atom. The van der Waals surface area contributed by atoms with E-state index in [1.165, 1.54) is 13.8 Å². The third-order valence-electron chi connectivity index (χ3n) is 0.407. The molecule has 2 nitrogen and oxygen atoms in total. The van der Waals surface area contributed by atoms with Gasteiger partial charge < -0.3 is 5.11 Å². The molecule has 0 saturated heterocycles. The molecule has 0 aliphatic rings. The van der Waals surface area contributed by atoms with Gasteiger partial charge in [-0.2, -0.15) is 0 Å². The Morgan fingerprint density at radius 1 is 1.50 bits per heavy atom. The molecular weight excluding hydrogens is 131 g/mol. The van der Waals surface area contributed by atoms with Gasteiger partial charge in [-0.05, 0) is 13.0 Å². The van der Waals surface area contributed by atoms with Crippen molar-refractivity contribution in [3.05, 3.63) is 11.8 Å². The minimum absolute atomic E-state index is 0. The van der Waals surface area contributed by atoms with Crippen LogP contribution in [0.5, 0.6) is 0 Å². The molecular formula is C5H7KO2. The first-order valence-electron chi connectivity index (χ1n) is 1.99. The molecule has 0 spiro atoms. The summed E-state index contributed by atoms with van der Waals surface area (Å²) in [6.07, 6.45) is 1.06. The standard InChI is InChI=1S/C5H8O2.K/c1-4(6)3-5(2)7;/h3,6H,1-2H3;/q;+1/p-1/b4-3+;. The monoisotopic (exact) mass is 138 g/mol. The summed E-state index contributed by atoms with van der Waals surface area (Å²) >= 11 is 0. The van der Waals surface area contributed by atoms with Crippen LogP contribution in [-0.4, -0.2) is 5.78 Å². The van der Waals surface area contributed by atoms with Crippen molar-refractivity contribution in [3.8, 4) is 0 Å². The zero-order valence-electron chi connectivity index (χ0n) is 5.39. The van der Waals surface area contributed by atoms with Gasteiger partial charge in [0.1, 0.15) is 0 Å². The number of carbonyl (C=O) groups is 1. The van der Waals surface area contributed by atoms with E-state index in [-0.39, 0.29) is 62.9 Å². The van der Waals surface area contributed by atoms with E-state index in [1.807, 2.05) is 0 Å². The molecule has 0 aromatic heterocycles. The van der Waals surface area contributed by atoms with Crippen LogP contribution in [0.25, 0.3) is 0 Å². The second-order valence-electron chi connectivity index (χ2n) is 1.37. The van der Waals surface area contributed by atoms with Gasteiger partial charge in [-0.1, -0.05) is 6.92 Å². The van der Waals surface area contributed by atoms with Gasteiger partial charge in [0.05, 0.1) is 0 Å². The molecule has 3 heteroatoms. The van der Waals surface area contributed by atoms with Crippen LogP contribution < -0.4 is 56.5 Å². The predicted octanol–water partition coefficient (Wildman–Crippen LogP) is -3.16. The average Bonchev–Trinajstić information content (AvgIpc) is 1.27. The maximum atomic E-state index is 9.98. The number of rotatable bonds is 1. The molecule has 8 heavy (non-hydrogen) atoms. The van der Waals surface area contributed by atoms with Crippen molar-refractivity contribution in [2.75, 3.05) is 0 Å². The van der Waals surface area contributed by atoms with Crippen molar-refractivity contribution in [1.29, 1.82) is 0 Å². The van der Waals surface area contributed by atoms with Crippen LogP contribution >= 0.6 is 0 Å². The van der Waals surface area contributed by atoms with Crippen LogP contribution in [0, 0.1) is 0 Å². The third kappa shape index (κ3) is 9.96. The maximum absolute atomic E-state index is 9.98.